The molecule has 0 spiro atoms. The normalized spacial score (nSPS) is 13.2. The fraction of sp³-hybridized carbons (Fsp3) is 1.00. The number of nitrogens with one attached hydrogen (secondary N) is 1. The fourth-order valence-electron chi connectivity index (χ4n) is 0.921. The van der Waals surface area contributed by atoms with E-state index in [0.717, 1.165) is 25.3 Å². The summed E-state index contributed by atoms with van der Waals surface area (Å²) in [5.74, 6) is 0.970. The predicted octanol–water partition coefficient (Wildman–Crippen LogP) is 0.482. The average Bonchev–Trinajstić information content (AvgIpc) is 2.17. The van der Waals surface area contributed by atoms with E-state index < -0.39 is 10.6 Å². The Balaban J connectivity index is 3.39. The molecule has 0 rings (SSSR count). The maximum Gasteiger partial charge on any atom is 0.0603 e. The third-order valence-electron chi connectivity index (χ3n) is 1.89. The Hall–Kier alpha value is 0.190. The molecule has 0 aromatic heterocycles. The molecular weight excluding hydrogens is 188 g/mol. The SMILES string of the molecule is COS(C)(CCCNCCN)OC. The molecule has 0 atom stereocenters. The summed E-state index contributed by atoms with van der Waals surface area (Å²) in [6.45, 7) is 2.55. The summed E-state index contributed by atoms with van der Waals surface area (Å²) in [5, 5.41) is 3.23. The van der Waals surface area contributed by atoms with Crippen LogP contribution in [0.1, 0.15) is 6.42 Å². The molecule has 0 unspecified atom stereocenters. The lowest BCUT2D eigenvalue weighted by molar-refractivity contribution is 0.350. The van der Waals surface area contributed by atoms with Gasteiger partial charge < -0.3 is 11.1 Å². The highest BCUT2D eigenvalue weighted by atomic mass is 32.3. The predicted molar refractivity (Wildman–Crippen MR) is 58.9 cm³/mol. The van der Waals surface area contributed by atoms with Gasteiger partial charge in [-0.3, -0.25) is 8.37 Å². The second-order valence-electron chi connectivity index (χ2n) is 2.86. The van der Waals surface area contributed by atoms with Gasteiger partial charge in [0.2, 0.25) is 0 Å². The van der Waals surface area contributed by atoms with Crippen LogP contribution in [-0.2, 0) is 8.37 Å². The van der Waals surface area contributed by atoms with E-state index in [1.54, 1.807) is 14.2 Å². The van der Waals surface area contributed by atoms with Gasteiger partial charge in [-0.1, -0.05) is 0 Å². The van der Waals surface area contributed by atoms with Crippen molar-refractivity contribution in [1.29, 1.82) is 0 Å². The lowest BCUT2D eigenvalue weighted by atomic mass is 10.5. The van der Waals surface area contributed by atoms with E-state index in [1.807, 2.05) is 6.26 Å². The zero-order valence-electron chi connectivity index (χ0n) is 8.84. The lowest BCUT2D eigenvalue weighted by Crippen LogP contribution is -2.24. The molecule has 3 N–H and O–H groups in total. The van der Waals surface area contributed by atoms with Crippen molar-refractivity contribution in [3.05, 3.63) is 0 Å². The number of rotatable bonds is 8. The molecule has 5 heteroatoms. The van der Waals surface area contributed by atoms with E-state index in [4.69, 9.17) is 14.1 Å². The molecule has 0 aliphatic carbocycles. The second kappa shape index (κ2) is 7.58. The molecule has 0 saturated heterocycles. The first-order valence-corrected chi connectivity index (χ1v) is 6.52. The molecule has 0 amide bonds. The molecule has 0 saturated carbocycles. The molecule has 0 aliphatic rings. The van der Waals surface area contributed by atoms with Crippen LogP contribution in [0.3, 0.4) is 0 Å². The van der Waals surface area contributed by atoms with E-state index >= 15 is 0 Å². The molecule has 82 valence electrons. The zero-order chi connectivity index (χ0) is 10.2. The van der Waals surface area contributed by atoms with Crippen LogP contribution in [-0.4, -0.2) is 45.9 Å². The van der Waals surface area contributed by atoms with Gasteiger partial charge in [-0.25, -0.2) is 0 Å². The quantitative estimate of drug-likeness (QED) is 0.572. The monoisotopic (exact) mass is 210 g/mol. The largest absolute Gasteiger partial charge is 0.329 e. The summed E-state index contributed by atoms with van der Waals surface area (Å²) in [6, 6.07) is 0. The highest BCUT2D eigenvalue weighted by Gasteiger charge is 2.09. The highest BCUT2D eigenvalue weighted by molar-refractivity contribution is 8.25. The van der Waals surface area contributed by atoms with E-state index in [-0.39, 0.29) is 0 Å². The van der Waals surface area contributed by atoms with Gasteiger partial charge in [0.1, 0.15) is 0 Å². The first-order valence-electron chi connectivity index (χ1n) is 4.46. The minimum Gasteiger partial charge on any atom is -0.329 e. The van der Waals surface area contributed by atoms with Gasteiger partial charge in [-0.15, -0.1) is 0 Å². The highest BCUT2D eigenvalue weighted by Crippen LogP contribution is 2.44. The van der Waals surface area contributed by atoms with Gasteiger partial charge in [0.15, 0.2) is 0 Å². The van der Waals surface area contributed by atoms with Crippen molar-refractivity contribution in [2.75, 3.05) is 45.9 Å². The second-order valence-corrected chi connectivity index (χ2v) is 5.78. The van der Waals surface area contributed by atoms with E-state index in [2.05, 4.69) is 5.32 Å². The van der Waals surface area contributed by atoms with Crippen LogP contribution in [0.25, 0.3) is 0 Å². The van der Waals surface area contributed by atoms with E-state index in [1.165, 1.54) is 0 Å². The molecule has 0 heterocycles. The average molecular weight is 210 g/mol. The standard InChI is InChI=1S/C8H22N2O2S/c1-11-13(3,12-2)8-4-6-10-7-5-9/h10H,4-9H2,1-3H3. The molecule has 0 bridgehead atoms. The minimum atomic E-state index is -1.27. The van der Waals surface area contributed by atoms with Crippen molar-refractivity contribution < 1.29 is 8.37 Å². The number of hydrogen-bond acceptors (Lipinski definition) is 4. The van der Waals surface area contributed by atoms with Crippen molar-refractivity contribution in [2.45, 2.75) is 6.42 Å². The van der Waals surface area contributed by atoms with E-state index in [0.29, 0.717) is 6.54 Å². The van der Waals surface area contributed by atoms with Crippen molar-refractivity contribution in [1.82, 2.24) is 5.32 Å². The Morgan fingerprint density at radius 3 is 2.31 bits per heavy atom. The third-order valence-corrected chi connectivity index (χ3v) is 4.34. The summed E-state index contributed by atoms with van der Waals surface area (Å²) < 4.78 is 10.6. The summed E-state index contributed by atoms with van der Waals surface area (Å²) in [6.07, 6.45) is 3.09. The summed E-state index contributed by atoms with van der Waals surface area (Å²) in [4.78, 5) is 0. The van der Waals surface area contributed by atoms with Gasteiger partial charge in [-0.2, -0.15) is 10.6 Å². The van der Waals surface area contributed by atoms with E-state index in [9.17, 15) is 0 Å². The van der Waals surface area contributed by atoms with Crippen molar-refractivity contribution in [3.8, 4) is 0 Å². The van der Waals surface area contributed by atoms with Crippen molar-refractivity contribution in [2.24, 2.45) is 5.73 Å². The number of nitrogens with two attached hydrogens (primary N) is 1. The zero-order valence-corrected chi connectivity index (χ0v) is 9.65. The Kier molecular flexibility index (Phi) is 7.69. The molecule has 13 heavy (non-hydrogen) atoms. The Labute approximate surface area is 82.9 Å². The summed E-state index contributed by atoms with van der Waals surface area (Å²) in [5.41, 5.74) is 5.34. The summed E-state index contributed by atoms with van der Waals surface area (Å²) >= 11 is 0. The van der Waals surface area contributed by atoms with Crippen LogP contribution in [0.2, 0.25) is 0 Å². The molecule has 0 aromatic rings. The molecule has 0 radical (unpaired) electrons. The molecule has 0 aliphatic heterocycles. The van der Waals surface area contributed by atoms with Crippen molar-refractivity contribution in [3.63, 3.8) is 0 Å². The Morgan fingerprint density at radius 2 is 1.85 bits per heavy atom. The first-order chi connectivity index (χ1) is 6.18. The topological polar surface area (TPSA) is 56.5 Å². The lowest BCUT2D eigenvalue weighted by Gasteiger charge is -2.36. The van der Waals surface area contributed by atoms with Gasteiger partial charge in [-0.05, 0) is 13.0 Å². The van der Waals surface area contributed by atoms with Gasteiger partial charge >= 0.3 is 0 Å². The van der Waals surface area contributed by atoms with Crippen LogP contribution in [0.5, 0.6) is 0 Å². The van der Waals surface area contributed by atoms with Crippen LogP contribution in [0.4, 0.5) is 0 Å². The minimum absolute atomic E-state index is 0.693. The van der Waals surface area contributed by atoms with Gasteiger partial charge in [0.25, 0.3) is 0 Å². The third kappa shape index (κ3) is 6.29. The maximum atomic E-state index is 5.34. The molecule has 4 nitrogen and oxygen atoms in total. The van der Waals surface area contributed by atoms with Gasteiger partial charge in [0.05, 0.1) is 14.2 Å². The van der Waals surface area contributed by atoms with Crippen LogP contribution in [0, 0.1) is 0 Å². The maximum absolute atomic E-state index is 5.34. The molecule has 0 aromatic carbocycles. The first kappa shape index (κ1) is 13.2. The van der Waals surface area contributed by atoms with Gasteiger partial charge in [0, 0.05) is 25.1 Å². The number of hydrogen-bond donors (Lipinski definition) is 2. The van der Waals surface area contributed by atoms with Crippen molar-refractivity contribution >= 4 is 10.6 Å². The fourth-order valence-corrected chi connectivity index (χ4v) is 2.06. The molecular formula is C8H22N2O2S. The van der Waals surface area contributed by atoms with Crippen LogP contribution < -0.4 is 11.1 Å². The smallest absolute Gasteiger partial charge is 0.0603 e. The van der Waals surface area contributed by atoms with Crippen LogP contribution >= 0.6 is 10.6 Å². The Morgan fingerprint density at radius 1 is 1.23 bits per heavy atom. The van der Waals surface area contributed by atoms with Crippen LogP contribution in [0.15, 0.2) is 0 Å². The Bertz CT molecular complexity index is 121. The molecule has 0 fully saturated rings. The summed E-state index contributed by atoms with van der Waals surface area (Å²) in [7, 11) is 2.13.